The van der Waals surface area contributed by atoms with Crippen LogP contribution < -0.4 is 5.32 Å². The van der Waals surface area contributed by atoms with Crippen molar-refractivity contribution in [1.82, 2.24) is 15.1 Å². The first-order chi connectivity index (χ1) is 12.0. The first kappa shape index (κ1) is 17.0. The van der Waals surface area contributed by atoms with Gasteiger partial charge in [0.05, 0.1) is 11.8 Å². The van der Waals surface area contributed by atoms with Crippen molar-refractivity contribution in [3.8, 4) is 11.3 Å². The fourth-order valence-corrected chi connectivity index (χ4v) is 2.76. The fourth-order valence-electron chi connectivity index (χ4n) is 2.76. The quantitative estimate of drug-likeness (QED) is 0.723. The van der Waals surface area contributed by atoms with E-state index in [1.807, 2.05) is 37.3 Å². The lowest BCUT2D eigenvalue weighted by atomic mass is 10.1. The van der Waals surface area contributed by atoms with Crippen molar-refractivity contribution >= 4 is 5.91 Å². The number of hydrogen-bond acceptors (Lipinski definition) is 4. The number of benzene rings is 1. The van der Waals surface area contributed by atoms with E-state index < -0.39 is 6.10 Å². The van der Waals surface area contributed by atoms with Crippen LogP contribution in [0.4, 0.5) is 0 Å². The average Bonchev–Trinajstić information content (AvgIpc) is 3.25. The maximum Gasteiger partial charge on any atom is 0.255 e. The zero-order valence-electron chi connectivity index (χ0n) is 14.2. The molecule has 130 valence electrons. The largest absolute Gasteiger partial charge is 0.467 e. The van der Waals surface area contributed by atoms with Gasteiger partial charge < -0.3 is 14.8 Å². The standard InChI is InChI=1S/C19H21N3O3/c1-13(11-16(23)17-9-6-10-25-17)20-19(24)15-12-22(2)21-18(15)14-7-4-3-5-8-14/h3-10,12-13,16,23H,11H2,1-2H3,(H,20,24). The average molecular weight is 339 g/mol. The van der Waals surface area contributed by atoms with Crippen LogP contribution in [-0.4, -0.2) is 26.8 Å². The molecule has 0 aliphatic rings. The van der Waals surface area contributed by atoms with Gasteiger partial charge in [0.2, 0.25) is 0 Å². The molecular weight excluding hydrogens is 318 g/mol. The molecule has 3 rings (SSSR count). The Morgan fingerprint density at radius 3 is 2.72 bits per heavy atom. The number of aliphatic hydroxyl groups excluding tert-OH is 1. The number of carbonyl (C=O) groups is 1. The van der Waals surface area contributed by atoms with Crippen molar-refractivity contribution < 1.29 is 14.3 Å². The first-order valence-electron chi connectivity index (χ1n) is 8.16. The summed E-state index contributed by atoms with van der Waals surface area (Å²) in [5.41, 5.74) is 2.03. The maximum atomic E-state index is 12.7. The Balaban J connectivity index is 1.71. The van der Waals surface area contributed by atoms with E-state index in [-0.39, 0.29) is 11.9 Å². The van der Waals surface area contributed by atoms with Gasteiger partial charge in [-0.05, 0) is 19.1 Å². The van der Waals surface area contributed by atoms with Crippen LogP contribution in [0.25, 0.3) is 11.3 Å². The minimum absolute atomic E-state index is 0.217. The molecule has 1 aromatic carbocycles. The minimum atomic E-state index is -0.757. The lowest BCUT2D eigenvalue weighted by molar-refractivity contribution is 0.0903. The van der Waals surface area contributed by atoms with Gasteiger partial charge in [0.1, 0.15) is 17.6 Å². The van der Waals surface area contributed by atoms with Gasteiger partial charge in [-0.3, -0.25) is 9.48 Å². The van der Waals surface area contributed by atoms with Gasteiger partial charge in [-0.2, -0.15) is 5.10 Å². The van der Waals surface area contributed by atoms with Gasteiger partial charge in [-0.25, -0.2) is 0 Å². The van der Waals surface area contributed by atoms with Crippen LogP contribution in [0.15, 0.2) is 59.3 Å². The number of aromatic nitrogens is 2. The predicted octanol–water partition coefficient (Wildman–Crippen LogP) is 2.92. The Labute approximate surface area is 146 Å². The topological polar surface area (TPSA) is 80.3 Å². The molecule has 6 heteroatoms. The molecule has 0 bridgehead atoms. The number of nitrogens with zero attached hydrogens (tertiary/aromatic N) is 2. The van der Waals surface area contributed by atoms with Crippen molar-refractivity contribution in [2.45, 2.75) is 25.5 Å². The summed E-state index contributed by atoms with van der Waals surface area (Å²) in [5.74, 6) is 0.276. The van der Waals surface area contributed by atoms with Crippen molar-refractivity contribution in [1.29, 1.82) is 0 Å². The molecule has 2 unspecified atom stereocenters. The molecule has 0 aliphatic carbocycles. The second kappa shape index (κ2) is 7.36. The predicted molar refractivity (Wildman–Crippen MR) is 93.9 cm³/mol. The molecule has 3 aromatic rings. The van der Waals surface area contributed by atoms with E-state index in [2.05, 4.69) is 10.4 Å². The molecule has 2 aromatic heterocycles. The highest BCUT2D eigenvalue weighted by molar-refractivity contribution is 5.99. The van der Waals surface area contributed by atoms with Crippen molar-refractivity contribution in [2.24, 2.45) is 7.05 Å². The second-order valence-electron chi connectivity index (χ2n) is 6.07. The zero-order chi connectivity index (χ0) is 17.8. The van der Waals surface area contributed by atoms with Gasteiger partial charge in [-0.15, -0.1) is 0 Å². The third-order valence-electron chi connectivity index (χ3n) is 3.95. The monoisotopic (exact) mass is 339 g/mol. The number of amides is 1. The van der Waals surface area contributed by atoms with Crippen LogP contribution in [0.5, 0.6) is 0 Å². The summed E-state index contributed by atoms with van der Waals surface area (Å²) in [4.78, 5) is 12.7. The Morgan fingerprint density at radius 2 is 2.04 bits per heavy atom. The Hall–Kier alpha value is -2.86. The summed E-state index contributed by atoms with van der Waals surface area (Å²) in [6.45, 7) is 1.85. The van der Waals surface area contributed by atoms with E-state index >= 15 is 0 Å². The van der Waals surface area contributed by atoms with E-state index in [1.165, 1.54) is 6.26 Å². The van der Waals surface area contributed by atoms with Crippen LogP contribution in [0.3, 0.4) is 0 Å². The highest BCUT2D eigenvalue weighted by atomic mass is 16.4. The van der Waals surface area contributed by atoms with Gasteiger partial charge >= 0.3 is 0 Å². The van der Waals surface area contributed by atoms with Crippen LogP contribution in [0.2, 0.25) is 0 Å². The number of nitrogens with one attached hydrogen (secondary N) is 1. The lowest BCUT2D eigenvalue weighted by Gasteiger charge is -2.16. The number of aliphatic hydroxyl groups is 1. The summed E-state index contributed by atoms with van der Waals surface area (Å²) in [5, 5.41) is 17.5. The minimum Gasteiger partial charge on any atom is -0.467 e. The molecule has 0 radical (unpaired) electrons. The SMILES string of the molecule is CC(CC(O)c1ccco1)NC(=O)c1cn(C)nc1-c1ccccc1. The highest BCUT2D eigenvalue weighted by Crippen LogP contribution is 2.22. The van der Waals surface area contributed by atoms with Crippen LogP contribution in [-0.2, 0) is 7.05 Å². The molecule has 6 nitrogen and oxygen atoms in total. The van der Waals surface area contributed by atoms with Crippen molar-refractivity contribution in [3.05, 3.63) is 66.2 Å². The van der Waals surface area contributed by atoms with Gasteiger partial charge in [0, 0.05) is 31.3 Å². The molecule has 2 heterocycles. The summed E-state index contributed by atoms with van der Waals surface area (Å²) < 4.78 is 6.81. The normalized spacial score (nSPS) is 13.4. The summed E-state index contributed by atoms with van der Waals surface area (Å²) in [7, 11) is 1.79. The van der Waals surface area contributed by atoms with E-state index in [0.717, 1.165) is 5.56 Å². The highest BCUT2D eigenvalue weighted by Gasteiger charge is 2.21. The number of carbonyl (C=O) groups excluding carboxylic acids is 1. The second-order valence-corrected chi connectivity index (χ2v) is 6.07. The molecule has 0 saturated carbocycles. The Morgan fingerprint density at radius 1 is 1.28 bits per heavy atom. The molecule has 2 atom stereocenters. The third-order valence-corrected chi connectivity index (χ3v) is 3.95. The molecule has 0 spiro atoms. The molecule has 1 amide bonds. The van der Waals surface area contributed by atoms with Crippen LogP contribution in [0, 0.1) is 0 Å². The molecule has 2 N–H and O–H groups in total. The van der Waals surface area contributed by atoms with Crippen LogP contribution >= 0.6 is 0 Å². The van der Waals surface area contributed by atoms with E-state index in [4.69, 9.17) is 4.42 Å². The van der Waals surface area contributed by atoms with E-state index in [0.29, 0.717) is 23.4 Å². The molecular formula is C19H21N3O3. The number of furan rings is 1. The third kappa shape index (κ3) is 3.97. The summed E-state index contributed by atoms with van der Waals surface area (Å²) in [6, 6.07) is 12.8. The lowest BCUT2D eigenvalue weighted by Crippen LogP contribution is -2.33. The van der Waals surface area contributed by atoms with Gasteiger partial charge in [0.15, 0.2) is 0 Å². The Bertz CT molecular complexity index is 825. The van der Waals surface area contributed by atoms with Crippen LogP contribution in [0.1, 0.15) is 35.6 Å². The van der Waals surface area contributed by atoms with E-state index in [9.17, 15) is 9.90 Å². The molecule has 0 aliphatic heterocycles. The molecule has 25 heavy (non-hydrogen) atoms. The maximum absolute atomic E-state index is 12.7. The zero-order valence-corrected chi connectivity index (χ0v) is 14.2. The van der Waals surface area contributed by atoms with E-state index in [1.54, 1.807) is 30.1 Å². The summed E-state index contributed by atoms with van der Waals surface area (Å²) >= 11 is 0. The molecule has 0 fully saturated rings. The first-order valence-corrected chi connectivity index (χ1v) is 8.16. The van der Waals surface area contributed by atoms with Gasteiger partial charge in [-0.1, -0.05) is 30.3 Å². The molecule has 0 saturated heterocycles. The van der Waals surface area contributed by atoms with Crippen molar-refractivity contribution in [2.75, 3.05) is 0 Å². The fraction of sp³-hybridized carbons (Fsp3) is 0.263. The number of hydrogen-bond donors (Lipinski definition) is 2. The Kier molecular flexibility index (Phi) is 5.00. The number of aryl methyl sites for hydroxylation is 1. The van der Waals surface area contributed by atoms with Gasteiger partial charge in [0.25, 0.3) is 5.91 Å². The smallest absolute Gasteiger partial charge is 0.255 e. The summed E-state index contributed by atoms with van der Waals surface area (Å²) in [6.07, 6.45) is 2.82. The van der Waals surface area contributed by atoms with Crippen molar-refractivity contribution in [3.63, 3.8) is 0 Å². The number of rotatable bonds is 6.